The van der Waals surface area contributed by atoms with E-state index in [-0.39, 0.29) is 5.63 Å². The van der Waals surface area contributed by atoms with Gasteiger partial charge in [-0.25, -0.2) is 9.78 Å². The number of anilines is 1. The van der Waals surface area contributed by atoms with Crippen LogP contribution in [-0.2, 0) is 0 Å². The van der Waals surface area contributed by atoms with Crippen LogP contribution in [0.1, 0.15) is 24.2 Å². The molecule has 0 unspecified atom stereocenters. The number of piperidine rings is 1. The van der Waals surface area contributed by atoms with Gasteiger partial charge in [-0.2, -0.15) is 0 Å². The molecule has 6 rings (SSSR count). The maximum absolute atomic E-state index is 12.8. The standard InChI is InChI=1S/C24H25N5O2/c1-14-10-29-13-21(27-23(29)15(2)26-14)19-8-16-5-6-18(9-22(16)31-24(19)30)28-11-17-4-3-7-25-20(17)12-28/h5-6,8-10,13,17,20,25H,3-4,7,11-12H2,1-2H3/t17-,20+/m1/s1. The molecule has 2 atom stereocenters. The Balaban J connectivity index is 1.37. The second-order valence-corrected chi connectivity index (χ2v) is 8.86. The molecule has 4 aromatic rings. The van der Waals surface area contributed by atoms with Gasteiger partial charge in [-0.1, -0.05) is 0 Å². The molecule has 158 valence electrons. The highest BCUT2D eigenvalue weighted by atomic mass is 16.4. The third-order valence-corrected chi connectivity index (χ3v) is 6.69. The van der Waals surface area contributed by atoms with E-state index in [1.165, 1.54) is 12.8 Å². The summed E-state index contributed by atoms with van der Waals surface area (Å²) in [6.45, 7) is 7.04. The van der Waals surface area contributed by atoms with Crippen LogP contribution in [0, 0.1) is 19.8 Å². The number of fused-ring (bicyclic) bond motifs is 3. The third kappa shape index (κ3) is 3.11. The molecule has 0 radical (unpaired) electrons. The van der Waals surface area contributed by atoms with Gasteiger partial charge >= 0.3 is 5.63 Å². The molecular weight excluding hydrogens is 390 g/mol. The van der Waals surface area contributed by atoms with Crippen molar-refractivity contribution < 1.29 is 4.42 Å². The van der Waals surface area contributed by atoms with E-state index in [1.54, 1.807) is 0 Å². The van der Waals surface area contributed by atoms with E-state index in [0.29, 0.717) is 28.8 Å². The lowest BCUT2D eigenvalue weighted by molar-refractivity contribution is 0.340. The highest BCUT2D eigenvalue weighted by molar-refractivity contribution is 5.84. The smallest absolute Gasteiger partial charge is 0.345 e. The van der Waals surface area contributed by atoms with Gasteiger partial charge in [0.25, 0.3) is 0 Å². The summed E-state index contributed by atoms with van der Waals surface area (Å²) in [5.74, 6) is 0.704. The molecular formula is C24H25N5O2. The highest BCUT2D eigenvalue weighted by Crippen LogP contribution is 2.31. The fourth-order valence-electron chi connectivity index (χ4n) is 5.17. The Labute approximate surface area is 179 Å². The summed E-state index contributed by atoms with van der Waals surface area (Å²) in [5.41, 5.74) is 4.93. The van der Waals surface area contributed by atoms with Crippen molar-refractivity contribution in [3.63, 3.8) is 0 Å². The Bertz CT molecular complexity index is 1360. The summed E-state index contributed by atoms with van der Waals surface area (Å²) in [5, 5.41) is 4.54. The SMILES string of the molecule is Cc1cn2cc(-c3cc4ccc(N5C[C@H]6CCCN[C@H]6C5)cc4oc3=O)nc2c(C)n1. The van der Waals surface area contributed by atoms with Crippen LogP contribution in [0.3, 0.4) is 0 Å². The van der Waals surface area contributed by atoms with Gasteiger partial charge in [-0.3, -0.25) is 4.98 Å². The van der Waals surface area contributed by atoms with Crippen LogP contribution in [0.4, 0.5) is 5.69 Å². The average Bonchev–Trinajstić information content (AvgIpc) is 3.37. The summed E-state index contributed by atoms with van der Waals surface area (Å²) >= 11 is 0. The molecule has 2 aliphatic rings. The molecule has 2 fully saturated rings. The Kier molecular flexibility index (Phi) is 4.14. The molecule has 0 saturated carbocycles. The number of hydrogen-bond donors (Lipinski definition) is 1. The van der Waals surface area contributed by atoms with E-state index >= 15 is 0 Å². The van der Waals surface area contributed by atoms with Crippen molar-refractivity contribution in [2.24, 2.45) is 5.92 Å². The van der Waals surface area contributed by atoms with Gasteiger partial charge in [0.2, 0.25) is 0 Å². The summed E-state index contributed by atoms with van der Waals surface area (Å²) in [6, 6.07) is 8.62. The fraction of sp³-hybridized carbons (Fsp3) is 0.375. The van der Waals surface area contributed by atoms with E-state index in [0.717, 1.165) is 47.7 Å². The number of nitrogens with zero attached hydrogens (tertiary/aromatic N) is 4. The molecule has 5 heterocycles. The molecule has 3 aromatic heterocycles. The van der Waals surface area contributed by atoms with Gasteiger partial charge in [-0.05, 0) is 57.4 Å². The lowest BCUT2D eigenvalue weighted by Gasteiger charge is -2.24. The lowest BCUT2D eigenvalue weighted by Crippen LogP contribution is -2.40. The zero-order chi connectivity index (χ0) is 21.1. The van der Waals surface area contributed by atoms with Crippen molar-refractivity contribution >= 4 is 22.3 Å². The maximum atomic E-state index is 12.8. The second kappa shape index (κ2) is 6.92. The number of nitrogens with one attached hydrogen (secondary N) is 1. The average molecular weight is 415 g/mol. The van der Waals surface area contributed by atoms with Crippen LogP contribution in [0.5, 0.6) is 0 Å². The summed E-state index contributed by atoms with van der Waals surface area (Å²) < 4.78 is 7.67. The molecule has 1 aromatic carbocycles. The van der Waals surface area contributed by atoms with Crippen LogP contribution >= 0.6 is 0 Å². The van der Waals surface area contributed by atoms with E-state index in [4.69, 9.17) is 4.42 Å². The molecule has 1 N–H and O–H groups in total. The number of aromatic nitrogens is 3. The number of hydrogen-bond acceptors (Lipinski definition) is 6. The molecule has 7 nitrogen and oxygen atoms in total. The first-order valence-corrected chi connectivity index (χ1v) is 10.9. The van der Waals surface area contributed by atoms with Crippen LogP contribution < -0.4 is 15.8 Å². The molecule has 2 aliphatic heterocycles. The Morgan fingerprint density at radius 3 is 2.90 bits per heavy atom. The zero-order valence-electron chi connectivity index (χ0n) is 17.8. The van der Waals surface area contributed by atoms with E-state index in [2.05, 4.69) is 26.3 Å². The number of aryl methyl sites for hydroxylation is 2. The molecule has 0 spiro atoms. The van der Waals surface area contributed by atoms with Crippen molar-refractivity contribution in [2.45, 2.75) is 32.7 Å². The van der Waals surface area contributed by atoms with Gasteiger partial charge in [0, 0.05) is 48.7 Å². The van der Waals surface area contributed by atoms with Crippen LogP contribution in [0.2, 0.25) is 0 Å². The van der Waals surface area contributed by atoms with E-state index < -0.39 is 0 Å². The van der Waals surface area contributed by atoms with Crippen LogP contribution in [0.25, 0.3) is 27.9 Å². The van der Waals surface area contributed by atoms with Crippen molar-refractivity contribution in [3.8, 4) is 11.3 Å². The minimum Gasteiger partial charge on any atom is -0.422 e. The van der Waals surface area contributed by atoms with E-state index in [1.807, 2.05) is 48.8 Å². The Morgan fingerprint density at radius 1 is 1.13 bits per heavy atom. The minimum absolute atomic E-state index is 0.368. The predicted molar refractivity (Wildman–Crippen MR) is 121 cm³/mol. The predicted octanol–water partition coefficient (Wildman–Crippen LogP) is 3.31. The zero-order valence-corrected chi connectivity index (χ0v) is 17.8. The first-order valence-electron chi connectivity index (χ1n) is 10.9. The molecule has 31 heavy (non-hydrogen) atoms. The Morgan fingerprint density at radius 2 is 2.03 bits per heavy atom. The second-order valence-electron chi connectivity index (χ2n) is 8.86. The quantitative estimate of drug-likeness (QED) is 0.506. The highest BCUT2D eigenvalue weighted by Gasteiger charge is 2.34. The summed E-state index contributed by atoms with van der Waals surface area (Å²) in [7, 11) is 0. The molecule has 0 aliphatic carbocycles. The summed E-state index contributed by atoms with van der Waals surface area (Å²) in [4.78, 5) is 24.3. The number of imidazole rings is 1. The minimum atomic E-state index is -0.368. The van der Waals surface area contributed by atoms with Crippen molar-refractivity contribution in [1.29, 1.82) is 0 Å². The van der Waals surface area contributed by atoms with Crippen molar-refractivity contribution in [1.82, 2.24) is 19.7 Å². The topological polar surface area (TPSA) is 75.7 Å². The van der Waals surface area contributed by atoms with Gasteiger partial charge in [-0.15, -0.1) is 0 Å². The van der Waals surface area contributed by atoms with Crippen LogP contribution in [0.15, 0.2) is 45.9 Å². The van der Waals surface area contributed by atoms with E-state index in [9.17, 15) is 4.79 Å². The molecule has 0 bridgehead atoms. The number of rotatable bonds is 2. The van der Waals surface area contributed by atoms with Gasteiger partial charge in [0.05, 0.1) is 22.6 Å². The van der Waals surface area contributed by atoms with Crippen molar-refractivity contribution in [2.75, 3.05) is 24.5 Å². The van der Waals surface area contributed by atoms with Gasteiger partial charge in [0.15, 0.2) is 5.65 Å². The largest absolute Gasteiger partial charge is 0.422 e. The number of benzene rings is 1. The molecule has 7 heteroatoms. The Hall–Kier alpha value is -3.19. The van der Waals surface area contributed by atoms with Gasteiger partial charge < -0.3 is 19.0 Å². The van der Waals surface area contributed by atoms with Crippen LogP contribution in [-0.4, -0.2) is 40.0 Å². The monoisotopic (exact) mass is 415 g/mol. The fourth-order valence-corrected chi connectivity index (χ4v) is 5.17. The maximum Gasteiger partial charge on any atom is 0.345 e. The van der Waals surface area contributed by atoms with Gasteiger partial charge in [0.1, 0.15) is 5.58 Å². The normalized spacial score (nSPS) is 21.2. The first kappa shape index (κ1) is 18.6. The molecule has 2 saturated heterocycles. The summed E-state index contributed by atoms with van der Waals surface area (Å²) in [6.07, 6.45) is 6.31. The first-order chi connectivity index (χ1) is 15.0. The molecule has 0 amide bonds. The third-order valence-electron chi connectivity index (χ3n) is 6.69. The lowest BCUT2D eigenvalue weighted by atomic mass is 9.94. The van der Waals surface area contributed by atoms with Crippen molar-refractivity contribution in [3.05, 3.63) is 58.5 Å².